The molecule has 2 heteroatoms. The van der Waals surface area contributed by atoms with E-state index in [1.165, 1.54) is 51.4 Å². The van der Waals surface area contributed by atoms with Crippen molar-refractivity contribution in [3.8, 4) is 0 Å². The lowest BCUT2D eigenvalue weighted by molar-refractivity contribution is 0.462. The second kappa shape index (κ2) is 12.7. The molecule has 0 aliphatic rings. The zero-order valence-electron chi connectivity index (χ0n) is 15.5. The van der Waals surface area contributed by atoms with Crippen LogP contribution < -0.4 is 0 Å². The fourth-order valence-electron chi connectivity index (χ4n) is 3.44. The Bertz CT molecular complexity index is 253. The van der Waals surface area contributed by atoms with Crippen molar-refractivity contribution in [1.29, 1.82) is 0 Å². The molecule has 1 nitrogen and oxygen atoms in total. The normalized spacial score (nSPS) is 17.4. The van der Waals surface area contributed by atoms with E-state index in [1.54, 1.807) is 0 Å². The summed E-state index contributed by atoms with van der Waals surface area (Å²) in [5, 5.41) is 0. The molecule has 0 heterocycles. The van der Waals surface area contributed by atoms with Crippen LogP contribution in [0.15, 0.2) is 0 Å². The van der Waals surface area contributed by atoms with Gasteiger partial charge in [-0.05, 0) is 18.3 Å². The first-order valence-corrected chi connectivity index (χ1v) is 11.9. The highest BCUT2D eigenvalue weighted by Gasteiger charge is 2.27. The fraction of sp³-hybridized carbons (Fsp3) is 1.00. The molecule has 21 heavy (non-hydrogen) atoms. The SMILES string of the molecule is CCCCC(CC)CP(=O)(CCC)CC(CC)CCCC. The molecule has 2 atom stereocenters. The van der Waals surface area contributed by atoms with Crippen LogP contribution in [0.5, 0.6) is 0 Å². The molecule has 0 radical (unpaired) electrons. The third-order valence-corrected chi connectivity index (χ3v) is 8.53. The Hall–Kier alpha value is 0.230. The maximum atomic E-state index is 13.5. The highest BCUT2D eigenvalue weighted by atomic mass is 31.2. The summed E-state index contributed by atoms with van der Waals surface area (Å²) in [4.78, 5) is 0. The van der Waals surface area contributed by atoms with E-state index >= 15 is 0 Å². The molecule has 0 amide bonds. The maximum absolute atomic E-state index is 13.5. The molecule has 0 N–H and O–H groups in total. The monoisotopic (exact) mass is 316 g/mol. The Balaban J connectivity index is 4.66. The highest BCUT2D eigenvalue weighted by Crippen LogP contribution is 2.51. The molecule has 0 fully saturated rings. The van der Waals surface area contributed by atoms with Gasteiger partial charge in [-0.15, -0.1) is 0 Å². The number of hydrogen-bond donors (Lipinski definition) is 0. The molecule has 0 bridgehead atoms. The number of unbranched alkanes of at least 4 members (excludes halogenated alkanes) is 2. The van der Waals surface area contributed by atoms with Crippen LogP contribution >= 0.6 is 7.14 Å². The molecule has 0 spiro atoms. The Morgan fingerprint density at radius 3 is 1.43 bits per heavy atom. The van der Waals surface area contributed by atoms with Crippen LogP contribution in [-0.4, -0.2) is 18.5 Å². The first kappa shape index (κ1) is 21.2. The molecule has 2 unspecified atom stereocenters. The van der Waals surface area contributed by atoms with Crippen molar-refractivity contribution < 1.29 is 4.57 Å². The molecule has 0 saturated carbocycles. The quantitative estimate of drug-likeness (QED) is 0.310. The Morgan fingerprint density at radius 1 is 0.714 bits per heavy atom. The zero-order valence-corrected chi connectivity index (χ0v) is 16.4. The third-order valence-electron chi connectivity index (χ3n) is 4.90. The maximum Gasteiger partial charge on any atom is 0.0882 e. The van der Waals surface area contributed by atoms with Crippen LogP contribution in [0.4, 0.5) is 0 Å². The molecule has 128 valence electrons. The van der Waals surface area contributed by atoms with Gasteiger partial charge in [0.05, 0.1) is 7.14 Å². The van der Waals surface area contributed by atoms with Crippen molar-refractivity contribution in [2.24, 2.45) is 11.8 Å². The summed E-state index contributed by atoms with van der Waals surface area (Å²) in [7, 11) is -1.95. The van der Waals surface area contributed by atoms with Gasteiger partial charge in [-0.3, -0.25) is 0 Å². The van der Waals surface area contributed by atoms with Gasteiger partial charge >= 0.3 is 0 Å². The van der Waals surface area contributed by atoms with E-state index in [9.17, 15) is 4.57 Å². The Kier molecular flexibility index (Phi) is 12.9. The van der Waals surface area contributed by atoms with Crippen molar-refractivity contribution in [2.45, 2.75) is 92.4 Å². The Morgan fingerprint density at radius 2 is 1.14 bits per heavy atom. The molecule has 0 aromatic heterocycles. The molecular weight excluding hydrogens is 275 g/mol. The first-order chi connectivity index (χ1) is 10.0. The summed E-state index contributed by atoms with van der Waals surface area (Å²) in [5.74, 6) is 1.40. The van der Waals surface area contributed by atoms with Crippen LogP contribution in [0.25, 0.3) is 0 Å². The standard InChI is InChI=1S/C19H41OP/c1-6-11-13-18(9-4)16-21(20,15-8-3)17-19(10-5)14-12-7-2/h18-19H,6-17H2,1-5H3. The van der Waals surface area contributed by atoms with Crippen LogP contribution in [0.2, 0.25) is 0 Å². The predicted octanol–water partition coefficient (Wildman–Crippen LogP) is 7.19. The minimum atomic E-state index is -1.95. The van der Waals surface area contributed by atoms with Gasteiger partial charge in [0.2, 0.25) is 0 Å². The topological polar surface area (TPSA) is 17.1 Å². The molecule has 0 aromatic carbocycles. The van der Waals surface area contributed by atoms with Crippen LogP contribution in [-0.2, 0) is 4.57 Å². The van der Waals surface area contributed by atoms with Crippen molar-refractivity contribution in [3.05, 3.63) is 0 Å². The summed E-state index contributed by atoms with van der Waals surface area (Å²) >= 11 is 0. The minimum absolute atomic E-state index is 0.700. The van der Waals surface area contributed by atoms with Crippen molar-refractivity contribution in [1.82, 2.24) is 0 Å². The summed E-state index contributed by atoms with van der Waals surface area (Å²) < 4.78 is 13.5. The second-order valence-corrected chi connectivity index (χ2v) is 10.3. The third kappa shape index (κ3) is 9.77. The number of hydrogen-bond acceptors (Lipinski definition) is 1. The van der Waals surface area contributed by atoms with E-state index in [2.05, 4.69) is 34.6 Å². The van der Waals surface area contributed by atoms with E-state index in [-0.39, 0.29) is 0 Å². The lowest BCUT2D eigenvalue weighted by atomic mass is 10.0. The average molecular weight is 317 g/mol. The fourth-order valence-corrected chi connectivity index (χ4v) is 7.53. The Labute approximate surface area is 135 Å². The minimum Gasteiger partial charge on any atom is -0.324 e. The van der Waals surface area contributed by atoms with E-state index < -0.39 is 7.14 Å². The van der Waals surface area contributed by atoms with Crippen LogP contribution in [0, 0.1) is 11.8 Å². The van der Waals surface area contributed by atoms with Gasteiger partial charge in [-0.1, -0.05) is 86.0 Å². The zero-order chi connectivity index (χ0) is 16.1. The van der Waals surface area contributed by atoms with Crippen molar-refractivity contribution in [2.75, 3.05) is 18.5 Å². The second-order valence-electron chi connectivity index (χ2n) is 6.98. The van der Waals surface area contributed by atoms with E-state index in [0.29, 0.717) is 11.8 Å². The largest absolute Gasteiger partial charge is 0.324 e. The molecule has 0 aliphatic heterocycles. The van der Waals surface area contributed by atoms with E-state index in [0.717, 1.165) is 24.9 Å². The lowest BCUT2D eigenvalue weighted by Gasteiger charge is -2.27. The average Bonchev–Trinajstić information content (AvgIpc) is 2.48. The van der Waals surface area contributed by atoms with Gasteiger partial charge in [0.1, 0.15) is 0 Å². The van der Waals surface area contributed by atoms with Crippen molar-refractivity contribution in [3.63, 3.8) is 0 Å². The van der Waals surface area contributed by atoms with Gasteiger partial charge in [0.25, 0.3) is 0 Å². The smallest absolute Gasteiger partial charge is 0.0882 e. The summed E-state index contributed by atoms with van der Waals surface area (Å²) in [6.45, 7) is 11.3. The number of rotatable bonds is 14. The molecule has 0 aliphatic carbocycles. The molecule has 0 rings (SSSR count). The first-order valence-electron chi connectivity index (χ1n) is 9.62. The summed E-state index contributed by atoms with van der Waals surface area (Å²) in [5.41, 5.74) is 0. The van der Waals surface area contributed by atoms with Gasteiger partial charge in [0, 0.05) is 18.5 Å². The van der Waals surface area contributed by atoms with Gasteiger partial charge < -0.3 is 4.57 Å². The lowest BCUT2D eigenvalue weighted by Crippen LogP contribution is -2.15. The van der Waals surface area contributed by atoms with Crippen LogP contribution in [0.1, 0.15) is 92.4 Å². The van der Waals surface area contributed by atoms with E-state index in [1.807, 2.05) is 0 Å². The highest BCUT2D eigenvalue weighted by molar-refractivity contribution is 7.63. The van der Waals surface area contributed by atoms with E-state index in [4.69, 9.17) is 0 Å². The van der Waals surface area contributed by atoms with Crippen LogP contribution in [0.3, 0.4) is 0 Å². The predicted molar refractivity (Wildman–Crippen MR) is 99.1 cm³/mol. The molecular formula is C19H41OP. The van der Waals surface area contributed by atoms with Crippen molar-refractivity contribution >= 4 is 7.14 Å². The van der Waals surface area contributed by atoms with Gasteiger partial charge in [0.15, 0.2) is 0 Å². The van der Waals surface area contributed by atoms with Gasteiger partial charge in [-0.25, -0.2) is 0 Å². The summed E-state index contributed by atoms with van der Waals surface area (Å²) in [6, 6.07) is 0. The molecule has 0 saturated heterocycles. The molecule has 0 aromatic rings. The summed E-state index contributed by atoms with van der Waals surface area (Å²) in [6.07, 6.45) is 14.3. The van der Waals surface area contributed by atoms with Gasteiger partial charge in [-0.2, -0.15) is 0 Å².